The van der Waals surface area contributed by atoms with Gasteiger partial charge in [0.15, 0.2) is 0 Å². The molecule has 0 aliphatic rings. The standard InChI is InChI=1S/C23H23N3O4S/c1-3-29-23(28)20-14(2)19-21(25-13-26-22(19)31-20)24-11-16(27)12-30-18-10-6-8-15-7-4-5-9-17(15)18/h4-10,13,16,27H,3,11-12H2,1-2H3,(H,24,25,26). The first kappa shape index (κ1) is 21.0. The van der Waals surface area contributed by atoms with Crippen LogP contribution in [0.1, 0.15) is 22.2 Å². The Morgan fingerprint density at radius 3 is 2.84 bits per heavy atom. The van der Waals surface area contributed by atoms with Gasteiger partial charge in [0.2, 0.25) is 0 Å². The lowest BCUT2D eigenvalue weighted by atomic mass is 10.1. The highest BCUT2D eigenvalue weighted by Gasteiger charge is 2.20. The van der Waals surface area contributed by atoms with Crippen LogP contribution >= 0.6 is 11.3 Å². The predicted molar refractivity (Wildman–Crippen MR) is 122 cm³/mol. The van der Waals surface area contributed by atoms with Gasteiger partial charge in [-0.25, -0.2) is 14.8 Å². The van der Waals surface area contributed by atoms with Crippen LogP contribution in [-0.2, 0) is 4.74 Å². The normalized spacial score (nSPS) is 12.1. The fraction of sp³-hybridized carbons (Fsp3) is 0.261. The molecule has 4 rings (SSSR count). The SMILES string of the molecule is CCOC(=O)c1sc2ncnc(NCC(O)COc3cccc4ccccc34)c2c1C. The summed E-state index contributed by atoms with van der Waals surface area (Å²) < 4.78 is 11.0. The molecule has 0 radical (unpaired) electrons. The van der Waals surface area contributed by atoms with Crippen molar-refractivity contribution in [2.45, 2.75) is 20.0 Å². The second-order valence-corrected chi connectivity index (χ2v) is 8.00. The first-order valence-corrected chi connectivity index (χ1v) is 10.8. The Morgan fingerprint density at radius 1 is 1.19 bits per heavy atom. The van der Waals surface area contributed by atoms with E-state index in [9.17, 15) is 9.90 Å². The van der Waals surface area contributed by atoms with E-state index in [4.69, 9.17) is 9.47 Å². The molecule has 0 spiro atoms. The zero-order chi connectivity index (χ0) is 21.8. The van der Waals surface area contributed by atoms with E-state index < -0.39 is 6.10 Å². The summed E-state index contributed by atoms with van der Waals surface area (Å²) in [6, 6.07) is 13.8. The molecule has 1 unspecified atom stereocenters. The number of hydrogen-bond donors (Lipinski definition) is 2. The van der Waals surface area contributed by atoms with Crippen LogP contribution in [-0.4, -0.2) is 46.9 Å². The van der Waals surface area contributed by atoms with Crippen molar-refractivity contribution in [3.05, 3.63) is 59.2 Å². The third-order valence-corrected chi connectivity index (χ3v) is 6.05. The van der Waals surface area contributed by atoms with Gasteiger partial charge in [-0.2, -0.15) is 0 Å². The van der Waals surface area contributed by atoms with Crippen molar-refractivity contribution in [1.29, 1.82) is 0 Å². The zero-order valence-corrected chi connectivity index (χ0v) is 18.1. The molecule has 1 atom stereocenters. The van der Waals surface area contributed by atoms with Crippen molar-refractivity contribution in [2.24, 2.45) is 0 Å². The fourth-order valence-electron chi connectivity index (χ4n) is 3.38. The van der Waals surface area contributed by atoms with Crippen LogP contribution in [0.4, 0.5) is 5.82 Å². The number of benzene rings is 2. The van der Waals surface area contributed by atoms with Gasteiger partial charge in [0.1, 0.15) is 40.3 Å². The smallest absolute Gasteiger partial charge is 0.348 e. The van der Waals surface area contributed by atoms with Gasteiger partial charge in [-0.15, -0.1) is 11.3 Å². The Bertz CT molecular complexity index is 1220. The molecule has 0 fully saturated rings. The number of aliphatic hydroxyl groups excluding tert-OH is 1. The number of ether oxygens (including phenoxy) is 2. The number of hydrogen-bond acceptors (Lipinski definition) is 8. The molecular formula is C23H23N3O4S. The van der Waals surface area contributed by atoms with Gasteiger partial charge in [-0.1, -0.05) is 36.4 Å². The molecule has 2 heterocycles. The van der Waals surface area contributed by atoms with Crippen LogP contribution < -0.4 is 10.1 Å². The number of aromatic nitrogens is 2. The van der Waals surface area contributed by atoms with Gasteiger partial charge >= 0.3 is 5.97 Å². The van der Waals surface area contributed by atoms with Crippen LogP contribution in [0.3, 0.4) is 0 Å². The maximum atomic E-state index is 12.2. The molecular weight excluding hydrogens is 414 g/mol. The highest BCUT2D eigenvalue weighted by Crippen LogP contribution is 2.33. The largest absolute Gasteiger partial charge is 0.490 e. The minimum atomic E-state index is -0.757. The Balaban J connectivity index is 1.44. The van der Waals surface area contributed by atoms with Crippen LogP contribution in [0, 0.1) is 6.92 Å². The second-order valence-electron chi connectivity index (χ2n) is 7.00. The van der Waals surface area contributed by atoms with Crippen LogP contribution in [0.2, 0.25) is 0 Å². The highest BCUT2D eigenvalue weighted by molar-refractivity contribution is 7.20. The second kappa shape index (κ2) is 9.28. The monoisotopic (exact) mass is 437 g/mol. The van der Waals surface area contributed by atoms with Gasteiger partial charge in [0.05, 0.1) is 12.0 Å². The molecule has 2 aromatic heterocycles. The van der Waals surface area contributed by atoms with Crippen molar-refractivity contribution in [3.8, 4) is 5.75 Å². The van der Waals surface area contributed by atoms with Gasteiger partial charge in [-0.05, 0) is 30.9 Å². The molecule has 2 aromatic carbocycles. The third-order valence-electron chi connectivity index (χ3n) is 4.87. The molecule has 0 aliphatic heterocycles. The van der Waals surface area contributed by atoms with Crippen LogP contribution in [0.25, 0.3) is 21.0 Å². The molecule has 4 aromatic rings. The molecule has 0 saturated carbocycles. The number of thiophene rings is 1. The highest BCUT2D eigenvalue weighted by atomic mass is 32.1. The number of carbonyl (C=O) groups is 1. The number of aryl methyl sites for hydroxylation is 1. The van der Waals surface area contributed by atoms with E-state index in [2.05, 4.69) is 15.3 Å². The lowest BCUT2D eigenvalue weighted by Crippen LogP contribution is -2.26. The van der Waals surface area contributed by atoms with Gasteiger partial charge in [0.25, 0.3) is 0 Å². The van der Waals surface area contributed by atoms with E-state index in [1.165, 1.54) is 17.7 Å². The molecule has 0 saturated heterocycles. The summed E-state index contributed by atoms with van der Waals surface area (Å²) in [7, 11) is 0. The quantitative estimate of drug-likeness (QED) is 0.399. The number of rotatable bonds is 8. The van der Waals surface area contributed by atoms with Gasteiger partial charge < -0.3 is 19.9 Å². The number of nitrogens with one attached hydrogen (secondary N) is 1. The van der Waals surface area contributed by atoms with Crippen LogP contribution in [0.5, 0.6) is 5.75 Å². The van der Waals surface area contributed by atoms with E-state index in [0.717, 1.165) is 27.5 Å². The maximum absolute atomic E-state index is 12.2. The Hall–Kier alpha value is -3.23. The minimum Gasteiger partial charge on any atom is -0.490 e. The maximum Gasteiger partial charge on any atom is 0.348 e. The van der Waals surface area contributed by atoms with Gasteiger partial charge in [-0.3, -0.25) is 0 Å². The van der Waals surface area contributed by atoms with E-state index in [1.54, 1.807) is 6.92 Å². The Labute approximate surface area is 183 Å². The van der Waals surface area contributed by atoms with Crippen molar-refractivity contribution in [2.75, 3.05) is 25.1 Å². The summed E-state index contributed by atoms with van der Waals surface area (Å²) in [4.78, 5) is 22.0. The van der Waals surface area contributed by atoms with Gasteiger partial charge in [0, 0.05) is 11.9 Å². The fourth-order valence-corrected chi connectivity index (χ4v) is 4.42. The van der Waals surface area contributed by atoms with Crippen molar-refractivity contribution < 1.29 is 19.4 Å². The first-order valence-electron chi connectivity index (χ1n) is 10.0. The van der Waals surface area contributed by atoms with E-state index in [0.29, 0.717) is 22.1 Å². The third kappa shape index (κ3) is 4.45. The number of fused-ring (bicyclic) bond motifs is 2. The van der Waals surface area contributed by atoms with E-state index >= 15 is 0 Å². The molecule has 0 aliphatic carbocycles. The molecule has 7 nitrogen and oxygen atoms in total. The van der Waals surface area contributed by atoms with E-state index in [-0.39, 0.29) is 19.1 Å². The average molecular weight is 438 g/mol. The lowest BCUT2D eigenvalue weighted by molar-refractivity contribution is 0.0531. The summed E-state index contributed by atoms with van der Waals surface area (Å²) in [6.45, 7) is 4.30. The number of anilines is 1. The molecule has 31 heavy (non-hydrogen) atoms. The number of esters is 1. The van der Waals surface area contributed by atoms with Crippen molar-refractivity contribution in [3.63, 3.8) is 0 Å². The molecule has 0 amide bonds. The molecule has 8 heteroatoms. The lowest BCUT2D eigenvalue weighted by Gasteiger charge is -2.15. The summed E-state index contributed by atoms with van der Waals surface area (Å²) in [5.74, 6) is 0.935. The van der Waals surface area contributed by atoms with Crippen LogP contribution in [0.15, 0.2) is 48.8 Å². The number of carbonyl (C=O) groups excluding carboxylic acids is 1. The topological polar surface area (TPSA) is 93.6 Å². The first-order chi connectivity index (χ1) is 15.1. The number of nitrogens with zero attached hydrogens (tertiary/aromatic N) is 2. The molecule has 2 N–H and O–H groups in total. The molecule has 160 valence electrons. The number of aliphatic hydroxyl groups is 1. The molecule has 0 bridgehead atoms. The van der Waals surface area contributed by atoms with Crippen molar-refractivity contribution >= 4 is 44.1 Å². The predicted octanol–water partition coefficient (Wildman–Crippen LogP) is 4.18. The summed E-state index contributed by atoms with van der Waals surface area (Å²) in [6.07, 6.45) is 0.682. The summed E-state index contributed by atoms with van der Waals surface area (Å²) >= 11 is 1.28. The Morgan fingerprint density at radius 2 is 2.00 bits per heavy atom. The summed E-state index contributed by atoms with van der Waals surface area (Å²) in [5, 5.41) is 16.5. The minimum absolute atomic E-state index is 0.131. The van der Waals surface area contributed by atoms with E-state index in [1.807, 2.05) is 49.4 Å². The Kier molecular flexibility index (Phi) is 6.29. The average Bonchev–Trinajstić information content (AvgIpc) is 3.13. The zero-order valence-electron chi connectivity index (χ0n) is 17.3. The van der Waals surface area contributed by atoms with Crippen molar-refractivity contribution in [1.82, 2.24) is 9.97 Å². The summed E-state index contributed by atoms with van der Waals surface area (Å²) in [5.41, 5.74) is 0.767.